The zero-order valence-electron chi connectivity index (χ0n) is 20.3. The quantitative estimate of drug-likeness (QED) is 0.299. The van der Waals surface area contributed by atoms with Crippen LogP contribution in [0.15, 0.2) is 78.9 Å². The van der Waals surface area contributed by atoms with Crippen LogP contribution in [0.4, 0.5) is 5.82 Å². The third-order valence-electron chi connectivity index (χ3n) is 6.61. The molecule has 0 saturated heterocycles. The molecule has 1 saturated carbocycles. The van der Waals surface area contributed by atoms with Gasteiger partial charge in [0.25, 0.3) is 0 Å². The van der Waals surface area contributed by atoms with E-state index in [1.807, 2.05) is 72.8 Å². The lowest BCUT2D eigenvalue weighted by molar-refractivity contribution is -0.123. The molecule has 1 aliphatic heterocycles. The molecule has 0 radical (unpaired) electrons. The van der Waals surface area contributed by atoms with Crippen molar-refractivity contribution in [3.05, 3.63) is 100 Å². The van der Waals surface area contributed by atoms with Crippen molar-refractivity contribution >= 4 is 52.6 Å². The Morgan fingerprint density at radius 3 is 2.50 bits per heavy atom. The van der Waals surface area contributed by atoms with Crippen molar-refractivity contribution in [2.24, 2.45) is 0 Å². The number of hydrogen-bond acceptors (Lipinski definition) is 4. The van der Waals surface area contributed by atoms with Crippen LogP contribution < -0.4 is 10.2 Å². The first-order valence-electron chi connectivity index (χ1n) is 12.4. The van der Waals surface area contributed by atoms with Gasteiger partial charge in [0.15, 0.2) is 0 Å². The number of halogens is 2. The Morgan fingerprint density at radius 2 is 1.76 bits per heavy atom. The summed E-state index contributed by atoms with van der Waals surface area (Å²) in [5, 5.41) is 8.93. The minimum Gasteiger partial charge on any atom is -0.352 e. The maximum Gasteiger partial charge on any atom is 0.240 e. The highest BCUT2D eigenvalue weighted by molar-refractivity contribution is 8.00. The van der Waals surface area contributed by atoms with Gasteiger partial charge in [0.1, 0.15) is 12.4 Å². The van der Waals surface area contributed by atoms with Crippen LogP contribution in [0.1, 0.15) is 29.2 Å². The average Bonchev–Trinajstić information content (AvgIpc) is 3.67. The largest absolute Gasteiger partial charge is 0.352 e. The van der Waals surface area contributed by atoms with E-state index in [1.165, 1.54) is 11.8 Å². The van der Waals surface area contributed by atoms with Gasteiger partial charge in [0.2, 0.25) is 11.8 Å². The lowest BCUT2D eigenvalue weighted by Gasteiger charge is -2.23. The van der Waals surface area contributed by atoms with Gasteiger partial charge in [0.05, 0.1) is 27.4 Å². The molecule has 2 aliphatic rings. The fraction of sp³-hybridized carbons (Fsp3) is 0.207. The van der Waals surface area contributed by atoms with Gasteiger partial charge in [0, 0.05) is 22.2 Å². The molecular weight excluding hydrogens is 539 g/mol. The van der Waals surface area contributed by atoms with Crippen LogP contribution >= 0.6 is 35.0 Å². The van der Waals surface area contributed by atoms with Gasteiger partial charge in [-0.1, -0.05) is 77.8 Å². The Hall–Kier alpha value is -3.26. The molecule has 1 atom stereocenters. The summed E-state index contributed by atoms with van der Waals surface area (Å²) in [5.41, 5.74) is 4.05. The van der Waals surface area contributed by atoms with Crippen LogP contribution in [-0.2, 0) is 9.59 Å². The Morgan fingerprint density at radius 1 is 1.00 bits per heavy atom. The summed E-state index contributed by atoms with van der Waals surface area (Å²) >= 11 is 14.6. The lowest BCUT2D eigenvalue weighted by atomic mass is 9.99. The normalized spacial score (nSPS) is 17.2. The number of benzene rings is 3. The fourth-order valence-corrected chi connectivity index (χ4v) is 6.30. The van der Waals surface area contributed by atoms with Crippen LogP contribution in [0.2, 0.25) is 10.0 Å². The molecule has 4 aromatic rings. The van der Waals surface area contributed by atoms with Gasteiger partial charge in [-0.2, -0.15) is 5.10 Å². The van der Waals surface area contributed by atoms with E-state index in [9.17, 15) is 9.59 Å². The predicted octanol–water partition coefficient (Wildman–Crippen LogP) is 6.29. The van der Waals surface area contributed by atoms with Gasteiger partial charge in [-0.3, -0.25) is 14.5 Å². The topological polar surface area (TPSA) is 67.2 Å². The number of para-hydroxylation sites is 1. The molecule has 2 amide bonds. The van der Waals surface area contributed by atoms with Crippen LogP contribution in [0.25, 0.3) is 16.9 Å². The van der Waals surface area contributed by atoms with Crippen molar-refractivity contribution in [3.63, 3.8) is 0 Å². The summed E-state index contributed by atoms with van der Waals surface area (Å²) < 4.78 is 1.71. The van der Waals surface area contributed by atoms with E-state index in [1.54, 1.807) is 15.6 Å². The molecule has 1 aromatic heterocycles. The zero-order chi connectivity index (χ0) is 26.2. The highest BCUT2D eigenvalue weighted by Gasteiger charge is 2.38. The second-order valence-electron chi connectivity index (χ2n) is 9.38. The van der Waals surface area contributed by atoms with Crippen molar-refractivity contribution in [3.8, 4) is 16.9 Å². The maximum atomic E-state index is 13.7. The van der Waals surface area contributed by atoms with Crippen molar-refractivity contribution in [1.82, 2.24) is 15.1 Å². The van der Waals surface area contributed by atoms with E-state index >= 15 is 0 Å². The summed E-state index contributed by atoms with van der Waals surface area (Å²) in [5.74, 6) is 0.382. The first kappa shape index (κ1) is 25.0. The average molecular weight is 564 g/mol. The molecule has 6 rings (SSSR count). The van der Waals surface area contributed by atoms with Gasteiger partial charge in [-0.25, -0.2) is 4.68 Å². The SMILES string of the molecule is O=C(CN1C(=O)CSC(c2cccc(Cl)c2)c2c(-c3ccccc3)nn(-c3ccccc3Cl)c21)NC1CC1. The number of rotatable bonds is 6. The Kier molecular flexibility index (Phi) is 6.91. The molecular formula is C29H24Cl2N4O2S. The van der Waals surface area contributed by atoms with Gasteiger partial charge in [-0.15, -0.1) is 11.8 Å². The van der Waals surface area contributed by atoms with E-state index in [0.717, 1.165) is 35.2 Å². The number of carbonyl (C=O) groups is 2. The Bertz CT molecular complexity index is 1520. The molecule has 2 heterocycles. The highest BCUT2D eigenvalue weighted by atomic mass is 35.5. The van der Waals surface area contributed by atoms with Crippen molar-refractivity contribution in [2.75, 3.05) is 17.2 Å². The van der Waals surface area contributed by atoms with E-state index < -0.39 is 0 Å². The second-order valence-corrected chi connectivity index (χ2v) is 11.3. The molecule has 192 valence electrons. The number of hydrogen-bond donors (Lipinski definition) is 1. The van der Waals surface area contributed by atoms with E-state index in [-0.39, 0.29) is 35.4 Å². The van der Waals surface area contributed by atoms with Crippen molar-refractivity contribution in [1.29, 1.82) is 0 Å². The summed E-state index contributed by atoms with van der Waals surface area (Å²) in [6.07, 6.45) is 1.93. The molecule has 3 aromatic carbocycles. The van der Waals surface area contributed by atoms with Crippen LogP contribution in [0.3, 0.4) is 0 Å². The number of nitrogens with one attached hydrogen (secondary N) is 1. The number of anilines is 1. The number of fused-ring (bicyclic) bond motifs is 1. The number of thioether (sulfide) groups is 1. The molecule has 6 nitrogen and oxygen atoms in total. The van der Waals surface area contributed by atoms with Gasteiger partial charge < -0.3 is 5.32 Å². The van der Waals surface area contributed by atoms with E-state index in [2.05, 4.69) is 5.32 Å². The van der Waals surface area contributed by atoms with Crippen LogP contribution in [-0.4, -0.2) is 39.9 Å². The summed E-state index contributed by atoms with van der Waals surface area (Å²) in [6.45, 7) is -0.102. The molecule has 1 aliphatic carbocycles. The molecule has 0 spiro atoms. The number of aromatic nitrogens is 2. The van der Waals surface area contributed by atoms with Crippen molar-refractivity contribution < 1.29 is 9.59 Å². The summed E-state index contributed by atoms with van der Waals surface area (Å²) in [4.78, 5) is 28.3. The highest BCUT2D eigenvalue weighted by Crippen LogP contribution is 2.49. The second kappa shape index (κ2) is 10.5. The first-order chi connectivity index (χ1) is 18.5. The molecule has 1 fully saturated rings. The first-order valence-corrected chi connectivity index (χ1v) is 14.2. The Labute approximate surface area is 234 Å². The number of carbonyl (C=O) groups excluding carboxylic acids is 2. The van der Waals surface area contributed by atoms with Gasteiger partial charge in [-0.05, 0) is 42.7 Å². The minimum atomic E-state index is -0.254. The third-order valence-corrected chi connectivity index (χ3v) is 8.42. The maximum absolute atomic E-state index is 13.7. The van der Waals surface area contributed by atoms with E-state index in [0.29, 0.717) is 21.6 Å². The minimum absolute atomic E-state index is 0.102. The van der Waals surface area contributed by atoms with Crippen LogP contribution in [0, 0.1) is 0 Å². The smallest absolute Gasteiger partial charge is 0.240 e. The molecule has 0 bridgehead atoms. The molecule has 9 heteroatoms. The number of nitrogens with zero attached hydrogens (tertiary/aromatic N) is 3. The van der Waals surface area contributed by atoms with Crippen LogP contribution in [0.5, 0.6) is 0 Å². The standard InChI is InChI=1S/C29H24Cl2N4O2S/c30-20-10-6-9-19(15-20)28-26-27(18-7-2-1-3-8-18)33-35(23-12-5-4-11-22(23)31)29(26)34(25(37)17-38-28)16-24(36)32-21-13-14-21/h1-12,15,21,28H,13-14,16-17H2,(H,32,36). The third kappa shape index (κ3) is 4.94. The summed E-state index contributed by atoms with van der Waals surface area (Å²) in [7, 11) is 0. The zero-order valence-corrected chi connectivity index (χ0v) is 22.6. The number of amides is 2. The van der Waals surface area contributed by atoms with Crippen molar-refractivity contribution in [2.45, 2.75) is 24.1 Å². The molecule has 1 N–H and O–H groups in total. The lowest BCUT2D eigenvalue weighted by Crippen LogP contribution is -2.43. The van der Waals surface area contributed by atoms with E-state index in [4.69, 9.17) is 28.3 Å². The monoisotopic (exact) mass is 562 g/mol. The van der Waals surface area contributed by atoms with Gasteiger partial charge >= 0.3 is 0 Å². The summed E-state index contributed by atoms with van der Waals surface area (Å²) in [6, 6.07) is 25.1. The Balaban J connectivity index is 1.62. The molecule has 38 heavy (non-hydrogen) atoms. The predicted molar refractivity (Wildman–Crippen MR) is 153 cm³/mol. The molecule has 1 unspecified atom stereocenters. The fourth-order valence-electron chi connectivity index (χ4n) is 4.70.